The molecule has 0 bridgehead atoms. The van der Waals surface area contributed by atoms with E-state index in [9.17, 15) is 14.0 Å². The number of likely N-dealkylation sites (tertiary alicyclic amines) is 1. The summed E-state index contributed by atoms with van der Waals surface area (Å²) >= 11 is 6.15. The van der Waals surface area contributed by atoms with Crippen LogP contribution in [0, 0.1) is 5.82 Å². The van der Waals surface area contributed by atoms with Crippen LogP contribution in [0.1, 0.15) is 23.2 Å². The third-order valence-corrected chi connectivity index (χ3v) is 5.82. The number of rotatable bonds is 4. The first-order valence-electron chi connectivity index (χ1n) is 9.88. The van der Waals surface area contributed by atoms with Gasteiger partial charge in [-0.2, -0.15) is 0 Å². The number of carbonyl (C=O) groups is 1. The maximum absolute atomic E-state index is 14.2. The van der Waals surface area contributed by atoms with Gasteiger partial charge in [0.2, 0.25) is 5.43 Å². The maximum atomic E-state index is 14.2. The number of nitrogens with zero attached hydrogens (tertiary/aromatic N) is 2. The van der Waals surface area contributed by atoms with E-state index in [0.29, 0.717) is 28.5 Å². The number of ether oxygens (including phenoxy) is 1. The summed E-state index contributed by atoms with van der Waals surface area (Å²) in [6, 6.07) is 7.38. The first-order valence-corrected chi connectivity index (χ1v) is 10.3. The summed E-state index contributed by atoms with van der Waals surface area (Å²) in [5.41, 5.74) is 0.408. The maximum Gasteiger partial charge on any atom is 0.256 e. The first-order chi connectivity index (χ1) is 14.5. The quantitative estimate of drug-likeness (QED) is 0.539. The average molecular weight is 428 g/mol. The van der Waals surface area contributed by atoms with E-state index in [4.69, 9.17) is 16.3 Å². The van der Waals surface area contributed by atoms with Crippen molar-refractivity contribution >= 4 is 28.4 Å². The Morgan fingerprint density at radius 1 is 1.17 bits per heavy atom. The molecule has 1 amide bonds. The predicted molar refractivity (Wildman–Crippen MR) is 113 cm³/mol. The van der Waals surface area contributed by atoms with Crippen molar-refractivity contribution in [2.75, 3.05) is 26.2 Å². The lowest BCUT2D eigenvalue weighted by atomic mass is 10.1. The van der Waals surface area contributed by atoms with Gasteiger partial charge in [0.1, 0.15) is 16.9 Å². The number of halogens is 2. The van der Waals surface area contributed by atoms with Crippen LogP contribution in [0.4, 0.5) is 4.39 Å². The van der Waals surface area contributed by atoms with Crippen molar-refractivity contribution < 1.29 is 13.9 Å². The summed E-state index contributed by atoms with van der Waals surface area (Å²) in [5, 5.41) is 3.38. The van der Waals surface area contributed by atoms with Crippen LogP contribution < -0.4 is 15.5 Å². The SMILES string of the molecule is O=C(NCCN1CCCC1)c1cn2c3c(cc(F)cc3c1=O)Oc1ccc(Cl)cc1-2. The van der Waals surface area contributed by atoms with E-state index in [2.05, 4.69) is 10.2 Å². The topological polar surface area (TPSA) is 63.6 Å². The molecule has 2 aliphatic rings. The number of amides is 1. The second-order valence-corrected chi connectivity index (χ2v) is 8.00. The van der Waals surface area contributed by atoms with Gasteiger partial charge in [-0.1, -0.05) is 11.6 Å². The number of hydrogen-bond acceptors (Lipinski definition) is 4. The highest BCUT2D eigenvalue weighted by Gasteiger charge is 2.25. The molecule has 1 aromatic heterocycles. The number of benzene rings is 2. The fraction of sp³-hybridized carbons (Fsp3) is 0.273. The molecule has 3 aromatic rings. The summed E-state index contributed by atoms with van der Waals surface area (Å²) in [5.74, 6) is -0.406. The molecule has 30 heavy (non-hydrogen) atoms. The number of aromatic nitrogens is 1. The van der Waals surface area contributed by atoms with Crippen molar-refractivity contribution in [1.29, 1.82) is 0 Å². The monoisotopic (exact) mass is 427 g/mol. The molecule has 8 heteroatoms. The number of hydrogen-bond donors (Lipinski definition) is 1. The van der Waals surface area contributed by atoms with Crippen molar-refractivity contribution in [2.45, 2.75) is 12.8 Å². The second kappa shape index (κ2) is 7.41. The summed E-state index contributed by atoms with van der Waals surface area (Å²) < 4.78 is 21.7. The summed E-state index contributed by atoms with van der Waals surface area (Å²) in [4.78, 5) is 28.1. The van der Waals surface area contributed by atoms with Crippen molar-refractivity contribution in [2.24, 2.45) is 0 Å². The van der Waals surface area contributed by atoms with E-state index in [1.165, 1.54) is 25.1 Å². The fourth-order valence-electron chi connectivity index (χ4n) is 4.14. The molecule has 2 aliphatic heterocycles. The molecule has 6 nitrogen and oxygen atoms in total. The van der Waals surface area contributed by atoms with Gasteiger partial charge in [-0.05, 0) is 50.2 Å². The molecular formula is C22H19ClFN3O3. The lowest BCUT2D eigenvalue weighted by Crippen LogP contribution is -2.36. The van der Waals surface area contributed by atoms with Gasteiger partial charge in [0.25, 0.3) is 5.91 Å². The van der Waals surface area contributed by atoms with Gasteiger partial charge in [0.15, 0.2) is 11.5 Å². The molecule has 1 fully saturated rings. The molecular weight excluding hydrogens is 409 g/mol. The highest BCUT2D eigenvalue weighted by Crippen LogP contribution is 2.40. The number of nitrogens with one attached hydrogen (secondary N) is 1. The van der Waals surface area contributed by atoms with Crippen molar-refractivity contribution in [3.05, 3.63) is 63.2 Å². The fourth-order valence-corrected chi connectivity index (χ4v) is 4.30. The first kappa shape index (κ1) is 19.1. The van der Waals surface area contributed by atoms with E-state index in [0.717, 1.165) is 25.7 Å². The van der Waals surface area contributed by atoms with Crippen LogP contribution in [0.2, 0.25) is 5.02 Å². The standard InChI is InChI=1S/C22H19ClFN3O3/c23-13-3-4-18-17(9-13)27-12-16(22(29)25-5-8-26-6-1-2-7-26)21(28)15-10-14(24)11-19(30-18)20(15)27/h3-4,9-12H,1-2,5-8H2,(H,25,29). The Kier molecular flexibility index (Phi) is 4.72. The summed E-state index contributed by atoms with van der Waals surface area (Å²) in [6.45, 7) is 3.23. The van der Waals surface area contributed by atoms with Crippen LogP contribution in [0.3, 0.4) is 0 Å². The van der Waals surface area contributed by atoms with Crippen molar-refractivity contribution in [3.8, 4) is 17.2 Å². The lowest BCUT2D eigenvalue weighted by molar-refractivity contribution is 0.0948. The Balaban J connectivity index is 1.58. The summed E-state index contributed by atoms with van der Waals surface area (Å²) in [6.07, 6.45) is 3.82. The second-order valence-electron chi connectivity index (χ2n) is 7.56. The van der Waals surface area contributed by atoms with Gasteiger partial charge < -0.3 is 19.5 Å². The van der Waals surface area contributed by atoms with E-state index < -0.39 is 17.2 Å². The van der Waals surface area contributed by atoms with E-state index in [1.54, 1.807) is 22.8 Å². The Hall–Kier alpha value is -2.90. The lowest BCUT2D eigenvalue weighted by Gasteiger charge is -2.24. The van der Waals surface area contributed by atoms with Crippen LogP contribution in [0.15, 0.2) is 41.3 Å². The molecule has 0 aliphatic carbocycles. The largest absolute Gasteiger partial charge is 0.453 e. The molecule has 0 atom stereocenters. The zero-order valence-corrected chi connectivity index (χ0v) is 16.8. The van der Waals surface area contributed by atoms with Gasteiger partial charge in [0, 0.05) is 30.4 Å². The molecule has 1 N–H and O–H groups in total. The van der Waals surface area contributed by atoms with Crippen LogP contribution in [0.5, 0.6) is 11.5 Å². The van der Waals surface area contributed by atoms with Gasteiger partial charge in [0.05, 0.1) is 11.1 Å². The molecule has 0 spiro atoms. The van der Waals surface area contributed by atoms with Crippen LogP contribution in [-0.2, 0) is 0 Å². The third kappa shape index (κ3) is 3.24. The molecule has 0 radical (unpaired) electrons. The Morgan fingerprint density at radius 3 is 2.77 bits per heavy atom. The minimum atomic E-state index is -0.606. The average Bonchev–Trinajstić information content (AvgIpc) is 3.23. The predicted octanol–water partition coefficient (Wildman–Crippen LogP) is 3.71. The zero-order valence-electron chi connectivity index (χ0n) is 16.1. The molecule has 3 heterocycles. The molecule has 154 valence electrons. The Bertz CT molecular complexity index is 1230. The molecule has 0 unspecified atom stereocenters. The Labute approximate surface area is 176 Å². The molecule has 1 saturated heterocycles. The Morgan fingerprint density at radius 2 is 1.97 bits per heavy atom. The minimum absolute atomic E-state index is 0.0479. The van der Waals surface area contributed by atoms with Crippen molar-refractivity contribution in [3.63, 3.8) is 0 Å². The van der Waals surface area contributed by atoms with E-state index >= 15 is 0 Å². The van der Waals surface area contributed by atoms with Crippen LogP contribution in [-0.4, -0.2) is 41.6 Å². The van der Waals surface area contributed by atoms with Gasteiger partial charge in [-0.15, -0.1) is 0 Å². The number of carbonyl (C=O) groups excluding carboxylic acids is 1. The van der Waals surface area contributed by atoms with E-state index in [1.807, 2.05) is 0 Å². The van der Waals surface area contributed by atoms with Gasteiger partial charge in [-0.3, -0.25) is 9.59 Å². The van der Waals surface area contributed by atoms with Crippen molar-refractivity contribution in [1.82, 2.24) is 14.8 Å². The van der Waals surface area contributed by atoms with Crippen LogP contribution in [0.25, 0.3) is 16.6 Å². The van der Waals surface area contributed by atoms with Gasteiger partial charge >= 0.3 is 0 Å². The molecule has 0 saturated carbocycles. The molecule has 2 aromatic carbocycles. The smallest absolute Gasteiger partial charge is 0.256 e. The highest BCUT2D eigenvalue weighted by molar-refractivity contribution is 6.30. The minimum Gasteiger partial charge on any atom is -0.453 e. The number of fused-ring (bicyclic) bond motifs is 2. The zero-order chi connectivity index (χ0) is 20.8. The summed E-state index contributed by atoms with van der Waals surface area (Å²) in [7, 11) is 0. The normalized spacial score (nSPS) is 15.1. The van der Waals surface area contributed by atoms with E-state index in [-0.39, 0.29) is 16.7 Å². The highest BCUT2D eigenvalue weighted by atomic mass is 35.5. The number of pyridine rings is 1. The molecule has 5 rings (SSSR count). The van der Waals surface area contributed by atoms with Gasteiger partial charge in [-0.25, -0.2) is 4.39 Å². The van der Waals surface area contributed by atoms with Crippen LogP contribution >= 0.6 is 11.6 Å². The third-order valence-electron chi connectivity index (χ3n) is 5.59.